The normalized spacial score (nSPS) is 18.2. The number of unbranched alkanes of at least 4 members (excludes halogenated alkanes) is 1. The number of aryl methyl sites for hydroxylation is 1. The maximum absolute atomic E-state index is 12.8. The summed E-state index contributed by atoms with van der Waals surface area (Å²) in [5.74, 6) is -0.803. The Labute approximate surface area is 182 Å². The monoisotopic (exact) mass is 420 g/mol. The number of hydrogen-bond acceptors (Lipinski definition) is 5. The highest BCUT2D eigenvalue weighted by Crippen LogP contribution is 2.28. The SMILES string of the molecule is NCCCCc1ccc(NCc2ccc3c(c2)CN(C2CCC(=O)NC2=O)C3=O)cc1. The fraction of sp³-hybridized carbons (Fsp3) is 0.375. The molecule has 2 aliphatic rings. The minimum absolute atomic E-state index is 0.144. The Hall–Kier alpha value is -3.19. The number of benzene rings is 2. The highest BCUT2D eigenvalue weighted by atomic mass is 16.2. The van der Waals surface area contributed by atoms with Crippen LogP contribution in [0.5, 0.6) is 0 Å². The number of nitrogens with one attached hydrogen (secondary N) is 2. The molecule has 7 heteroatoms. The number of carbonyl (C=O) groups excluding carboxylic acids is 3. The molecule has 1 atom stereocenters. The van der Waals surface area contributed by atoms with Crippen molar-refractivity contribution in [3.05, 3.63) is 64.7 Å². The summed E-state index contributed by atoms with van der Waals surface area (Å²) >= 11 is 0. The third kappa shape index (κ3) is 4.77. The maximum atomic E-state index is 12.8. The fourth-order valence-corrected chi connectivity index (χ4v) is 4.20. The van der Waals surface area contributed by atoms with Gasteiger partial charge in [0.25, 0.3) is 5.91 Å². The summed E-state index contributed by atoms with van der Waals surface area (Å²) in [6.07, 6.45) is 3.83. The topological polar surface area (TPSA) is 105 Å². The summed E-state index contributed by atoms with van der Waals surface area (Å²) in [7, 11) is 0. The van der Waals surface area contributed by atoms with E-state index in [0.29, 0.717) is 25.1 Å². The van der Waals surface area contributed by atoms with Crippen molar-refractivity contribution >= 4 is 23.4 Å². The first-order chi connectivity index (χ1) is 15.0. The van der Waals surface area contributed by atoms with Crippen LogP contribution in [0.1, 0.15) is 52.7 Å². The number of carbonyl (C=O) groups is 3. The van der Waals surface area contributed by atoms with Gasteiger partial charge < -0.3 is 16.0 Å². The van der Waals surface area contributed by atoms with Crippen LogP contribution in [0.25, 0.3) is 0 Å². The van der Waals surface area contributed by atoms with Gasteiger partial charge in [0.1, 0.15) is 6.04 Å². The molecule has 2 aromatic carbocycles. The molecule has 4 N–H and O–H groups in total. The largest absolute Gasteiger partial charge is 0.381 e. The van der Waals surface area contributed by atoms with Crippen molar-refractivity contribution < 1.29 is 14.4 Å². The van der Waals surface area contributed by atoms with Crippen LogP contribution in [-0.4, -0.2) is 35.2 Å². The molecule has 2 aromatic rings. The van der Waals surface area contributed by atoms with Crippen LogP contribution in [0.3, 0.4) is 0 Å². The number of hydrogen-bond donors (Lipinski definition) is 3. The number of fused-ring (bicyclic) bond motifs is 1. The van der Waals surface area contributed by atoms with E-state index in [-0.39, 0.29) is 24.1 Å². The first kappa shape index (κ1) is 21.1. The van der Waals surface area contributed by atoms with Crippen LogP contribution in [0.2, 0.25) is 0 Å². The Morgan fingerprint density at radius 3 is 2.55 bits per heavy atom. The Morgan fingerprint density at radius 2 is 1.81 bits per heavy atom. The highest BCUT2D eigenvalue weighted by Gasteiger charge is 2.38. The molecule has 7 nitrogen and oxygen atoms in total. The lowest BCUT2D eigenvalue weighted by atomic mass is 10.0. The van der Waals surface area contributed by atoms with Crippen molar-refractivity contribution in [3.63, 3.8) is 0 Å². The predicted molar refractivity (Wildman–Crippen MR) is 118 cm³/mol. The van der Waals surface area contributed by atoms with Crippen LogP contribution in [0.4, 0.5) is 5.69 Å². The standard InChI is InChI=1S/C24H28N4O3/c25-12-2-1-3-16-4-7-19(8-5-16)26-14-17-6-9-20-18(13-17)15-28(24(20)31)21-10-11-22(29)27-23(21)30/h4-9,13,21,26H,1-3,10-12,14-15,25H2,(H,27,29,30). The van der Waals surface area contributed by atoms with Crippen LogP contribution in [-0.2, 0) is 29.1 Å². The quantitative estimate of drug-likeness (QED) is 0.449. The van der Waals surface area contributed by atoms with E-state index in [0.717, 1.165) is 42.6 Å². The molecule has 2 aliphatic heterocycles. The molecule has 0 aliphatic carbocycles. The van der Waals surface area contributed by atoms with Crippen molar-refractivity contribution in [2.24, 2.45) is 5.73 Å². The number of nitrogens with zero attached hydrogens (tertiary/aromatic N) is 1. The van der Waals surface area contributed by atoms with Gasteiger partial charge in [0.05, 0.1) is 0 Å². The molecule has 1 unspecified atom stereocenters. The summed E-state index contributed by atoms with van der Waals surface area (Å²) in [5.41, 5.74) is 10.5. The molecular weight excluding hydrogens is 392 g/mol. The van der Waals surface area contributed by atoms with E-state index >= 15 is 0 Å². The third-order valence-electron chi connectivity index (χ3n) is 5.96. The molecule has 31 heavy (non-hydrogen) atoms. The first-order valence-corrected chi connectivity index (χ1v) is 10.8. The number of anilines is 1. The molecule has 1 saturated heterocycles. The van der Waals surface area contributed by atoms with Crippen LogP contribution >= 0.6 is 0 Å². The summed E-state index contributed by atoms with van der Waals surface area (Å²) in [6.45, 7) is 1.77. The van der Waals surface area contributed by atoms with Gasteiger partial charge in [-0.3, -0.25) is 19.7 Å². The van der Waals surface area contributed by atoms with Gasteiger partial charge in [-0.2, -0.15) is 0 Å². The fourth-order valence-electron chi connectivity index (χ4n) is 4.20. The van der Waals surface area contributed by atoms with E-state index in [1.165, 1.54) is 5.56 Å². The van der Waals surface area contributed by atoms with E-state index in [9.17, 15) is 14.4 Å². The van der Waals surface area contributed by atoms with Gasteiger partial charge in [-0.15, -0.1) is 0 Å². The van der Waals surface area contributed by atoms with Crippen molar-refractivity contribution in [2.75, 3.05) is 11.9 Å². The zero-order valence-corrected chi connectivity index (χ0v) is 17.5. The summed E-state index contributed by atoms with van der Waals surface area (Å²) < 4.78 is 0. The van der Waals surface area contributed by atoms with Gasteiger partial charge in [-0.1, -0.05) is 24.3 Å². The predicted octanol–water partition coefficient (Wildman–Crippen LogP) is 2.34. The van der Waals surface area contributed by atoms with Gasteiger partial charge in [-0.25, -0.2) is 0 Å². The molecule has 0 radical (unpaired) electrons. The maximum Gasteiger partial charge on any atom is 0.255 e. The summed E-state index contributed by atoms with van der Waals surface area (Å²) in [4.78, 5) is 37.9. The van der Waals surface area contributed by atoms with Crippen LogP contribution < -0.4 is 16.4 Å². The van der Waals surface area contributed by atoms with E-state index in [1.54, 1.807) is 4.90 Å². The molecular formula is C24H28N4O3. The van der Waals surface area contributed by atoms with Gasteiger partial charge in [-0.05, 0) is 67.1 Å². The van der Waals surface area contributed by atoms with Gasteiger partial charge in [0.15, 0.2) is 0 Å². The van der Waals surface area contributed by atoms with E-state index in [2.05, 4.69) is 34.9 Å². The van der Waals surface area contributed by atoms with Gasteiger partial charge >= 0.3 is 0 Å². The lowest BCUT2D eigenvalue weighted by molar-refractivity contribution is -0.136. The second-order valence-corrected chi connectivity index (χ2v) is 8.19. The second kappa shape index (κ2) is 9.31. The Morgan fingerprint density at radius 1 is 1.03 bits per heavy atom. The Kier molecular flexibility index (Phi) is 6.32. The number of rotatable bonds is 8. The first-order valence-electron chi connectivity index (χ1n) is 10.8. The van der Waals surface area contributed by atoms with E-state index in [4.69, 9.17) is 5.73 Å². The lowest BCUT2D eigenvalue weighted by Crippen LogP contribution is -2.52. The van der Waals surface area contributed by atoms with E-state index < -0.39 is 6.04 Å². The zero-order chi connectivity index (χ0) is 21.8. The van der Waals surface area contributed by atoms with Crippen LogP contribution in [0.15, 0.2) is 42.5 Å². The van der Waals surface area contributed by atoms with E-state index in [1.807, 2.05) is 18.2 Å². The van der Waals surface area contributed by atoms with Crippen molar-refractivity contribution in [1.29, 1.82) is 0 Å². The smallest absolute Gasteiger partial charge is 0.255 e. The molecule has 162 valence electrons. The van der Waals surface area contributed by atoms with Gasteiger partial charge in [0.2, 0.25) is 11.8 Å². The highest BCUT2D eigenvalue weighted by molar-refractivity contribution is 6.05. The summed E-state index contributed by atoms with van der Waals surface area (Å²) in [5, 5.41) is 5.76. The molecule has 1 fully saturated rings. The lowest BCUT2D eigenvalue weighted by Gasteiger charge is -2.29. The molecule has 4 rings (SSSR count). The summed E-state index contributed by atoms with van der Waals surface area (Å²) in [6, 6.07) is 13.7. The minimum atomic E-state index is -0.581. The molecule has 0 aromatic heterocycles. The Balaban J connectivity index is 1.36. The third-order valence-corrected chi connectivity index (χ3v) is 5.96. The van der Waals surface area contributed by atoms with Crippen molar-refractivity contribution in [1.82, 2.24) is 10.2 Å². The zero-order valence-electron chi connectivity index (χ0n) is 17.5. The number of piperidine rings is 1. The molecule has 0 bridgehead atoms. The van der Waals surface area contributed by atoms with Gasteiger partial charge in [0, 0.05) is 30.8 Å². The minimum Gasteiger partial charge on any atom is -0.381 e. The number of amides is 3. The number of imide groups is 1. The molecule has 3 amide bonds. The molecule has 2 heterocycles. The van der Waals surface area contributed by atoms with Crippen molar-refractivity contribution in [2.45, 2.75) is 51.2 Å². The Bertz CT molecular complexity index is 987. The average Bonchev–Trinajstić information content (AvgIpc) is 3.09. The molecule has 0 saturated carbocycles. The number of nitrogens with two attached hydrogens (primary N) is 1. The average molecular weight is 421 g/mol. The van der Waals surface area contributed by atoms with Crippen molar-refractivity contribution in [3.8, 4) is 0 Å². The molecule has 0 spiro atoms. The van der Waals surface area contributed by atoms with Crippen LogP contribution in [0, 0.1) is 0 Å². The second-order valence-electron chi connectivity index (χ2n) is 8.19.